The van der Waals surface area contributed by atoms with Crippen LogP contribution in [0.3, 0.4) is 0 Å². The van der Waals surface area contributed by atoms with E-state index in [4.69, 9.17) is 28.0 Å². The van der Waals surface area contributed by atoms with E-state index in [0.717, 1.165) is 51.4 Å². The number of quaternary nitrogens is 1. The van der Waals surface area contributed by atoms with Crippen molar-refractivity contribution in [1.29, 1.82) is 0 Å². The normalized spacial score (nSPS) is 14.3. The number of unbranched alkanes of at least 4 members (excludes halogenated alkanes) is 21. The predicted molar refractivity (Wildman–Crippen MR) is 210 cm³/mol. The van der Waals surface area contributed by atoms with Crippen LogP contribution in [0.25, 0.3) is 0 Å². The summed E-state index contributed by atoms with van der Waals surface area (Å²) in [5, 5.41) is 9.78. The van der Waals surface area contributed by atoms with Crippen LogP contribution in [-0.2, 0) is 37.4 Å². The lowest BCUT2D eigenvalue weighted by molar-refractivity contribution is -0.870. The van der Waals surface area contributed by atoms with Gasteiger partial charge in [0.1, 0.15) is 32.3 Å². The highest BCUT2D eigenvalue weighted by Gasteiger charge is 2.36. The highest BCUT2D eigenvalue weighted by Crippen LogP contribution is 2.44. The number of carbonyl (C=O) groups is 1. The number of esters is 1. The summed E-state index contributed by atoms with van der Waals surface area (Å²) in [5.74, 6) is -0.202. The molecule has 0 aliphatic heterocycles. The SMILES string of the molecule is C=COC(=O)CCCCCCCCCCCCOCOCC(CCCCCCCCCCCCCCC)(COP(=O)(O)OCC[N+](C)(C)C)OCO. The molecule has 0 bridgehead atoms. The van der Waals surface area contributed by atoms with Crippen molar-refractivity contribution in [3.63, 3.8) is 0 Å². The van der Waals surface area contributed by atoms with Gasteiger partial charge in [0.25, 0.3) is 0 Å². The molecule has 11 nitrogen and oxygen atoms in total. The van der Waals surface area contributed by atoms with Crippen LogP contribution in [0.15, 0.2) is 12.8 Å². The molecule has 2 atom stereocenters. The van der Waals surface area contributed by atoms with E-state index in [0.29, 0.717) is 30.5 Å². The van der Waals surface area contributed by atoms with Crippen LogP contribution in [0.2, 0.25) is 0 Å². The fraction of sp³-hybridized carbons (Fsp3) is 0.925. The van der Waals surface area contributed by atoms with Gasteiger partial charge >= 0.3 is 13.8 Å². The van der Waals surface area contributed by atoms with Gasteiger partial charge in [-0.05, 0) is 19.3 Å². The summed E-state index contributed by atoms with van der Waals surface area (Å²) in [6.45, 7) is 6.18. The smallest absolute Gasteiger partial charge is 0.435 e. The van der Waals surface area contributed by atoms with Gasteiger partial charge in [-0.2, -0.15) is 0 Å². The van der Waals surface area contributed by atoms with Crippen molar-refractivity contribution in [2.24, 2.45) is 0 Å². The highest BCUT2D eigenvalue weighted by atomic mass is 31.2. The Morgan fingerprint density at radius 3 is 1.69 bits per heavy atom. The van der Waals surface area contributed by atoms with E-state index in [1.165, 1.54) is 103 Å². The zero-order chi connectivity index (χ0) is 38.7. The molecule has 0 saturated heterocycles. The number of hydrogen-bond donors (Lipinski definition) is 2. The van der Waals surface area contributed by atoms with Crippen molar-refractivity contribution >= 4 is 13.8 Å². The van der Waals surface area contributed by atoms with Crippen LogP contribution in [0.4, 0.5) is 0 Å². The first-order chi connectivity index (χ1) is 25.0. The van der Waals surface area contributed by atoms with Crippen LogP contribution in [0, 0.1) is 0 Å². The summed E-state index contributed by atoms with van der Waals surface area (Å²) in [4.78, 5) is 21.7. The Hall–Kier alpha value is -0.880. The van der Waals surface area contributed by atoms with Crippen LogP contribution in [0.5, 0.6) is 0 Å². The number of aliphatic hydroxyl groups is 1. The van der Waals surface area contributed by atoms with E-state index in [2.05, 4.69) is 13.5 Å². The minimum atomic E-state index is -4.33. The van der Waals surface area contributed by atoms with Gasteiger partial charge in [-0.1, -0.05) is 148 Å². The molecule has 2 N–H and O–H groups in total. The second-order valence-corrected chi connectivity index (χ2v) is 16.8. The second kappa shape index (κ2) is 34.6. The monoisotopic (exact) mass is 767 g/mol. The highest BCUT2D eigenvalue weighted by molar-refractivity contribution is 7.47. The van der Waals surface area contributed by atoms with Crippen molar-refractivity contribution in [1.82, 2.24) is 0 Å². The lowest BCUT2D eigenvalue weighted by Crippen LogP contribution is -2.43. The van der Waals surface area contributed by atoms with E-state index < -0.39 is 20.2 Å². The van der Waals surface area contributed by atoms with E-state index in [-0.39, 0.29) is 32.6 Å². The summed E-state index contributed by atoms with van der Waals surface area (Å²) in [6, 6.07) is 0. The van der Waals surface area contributed by atoms with Crippen molar-refractivity contribution < 1.29 is 51.8 Å². The third kappa shape index (κ3) is 34.9. The molecule has 0 aromatic heterocycles. The Bertz CT molecular complexity index is 872. The molecule has 52 heavy (non-hydrogen) atoms. The van der Waals surface area contributed by atoms with Crippen molar-refractivity contribution in [3.8, 4) is 0 Å². The molecule has 310 valence electrons. The number of nitrogens with zero attached hydrogens (tertiary/aromatic N) is 1. The average molecular weight is 767 g/mol. The summed E-state index contributed by atoms with van der Waals surface area (Å²) in [6.07, 6.45) is 29.3. The fourth-order valence-corrected chi connectivity index (χ4v) is 6.78. The fourth-order valence-electron chi connectivity index (χ4n) is 5.99. The summed E-state index contributed by atoms with van der Waals surface area (Å²) in [7, 11) is 1.60. The maximum atomic E-state index is 12.7. The number of hydrogen-bond acceptors (Lipinski definition) is 9. The number of phosphoric acid groups is 1. The van der Waals surface area contributed by atoms with Crippen molar-refractivity contribution in [3.05, 3.63) is 12.8 Å². The molecule has 0 aromatic rings. The third-order valence-corrected chi connectivity index (χ3v) is 10.2. The molecule has 0 fully saturated rings. The zero-order valence-corrected chi connectivity index (χ0v) is 34.9. The first-order valence-electron chi connectivity index (χ1n) is 20.6. The lowest BCUT2D eigenvalue weighted by atomic mass is 9.96. The molecule has 0 heterocycles. The molecule has 0 spiro atoms. The molecule has 0 radical (unpaired) electrons. The van der Waals surface area contributed by atoms with Crippen molar-refractivity contribution in [2.75, 3.05) is 67.7 Å². The van der Waals surface area contributed by atoms with Gasteiger partial charge in [0.05, 0.1) is 40.6 Å². The molecule has 0 aromatic carbocycles. The Balaban J connectivity index is 4.46. The molecular weight excluding hydrogens is 685 g/mol. The van der Waals surface area contributed by atoms with E-state index >= 15 is 0 Å². The Morgan fingerprint density at radius 2 is 1.19 bits per heavy atom. The molecule has 0 rings (SSSR count). The van der Waals surface area contributed by atoms with Gasteiger partial charge in [0, 0.05) is 13.0 Å². The number of likely N-dealkylation sites (N-methyl/N-ethyl adjacent to an activating group) is 1. The third-order valence-electron chi connectivity index (χ3n) is 9.28. The van der Waals surface area contributed by atoms with Crippen LogP contribution < -0.4 is 0 Å². The summed E-state index contributed by atoms with van der Waals surface area (Å²) < 4.78 is 46.0. The van der Waals surface area contributed by atoms with Crippen molar-refractivity contribution in [2.45, 2.75) is 173 Å². The van der Waals surface area contributed by atoms with Crippen LogP contribution in [0.1, 0.15) is 167 Å². The van der Waals surface area contributed by atoms with E-state index in [9.17, 15) is 19.4 Å². The maximum absolute atomic E-state index is 12.7. The summed E-state index contributed by atoms with van der Waals surface area (Å²) >= 11 is 0. The molecule has 0 saturated carbocycles. The molecule has 12 heteroatoms. The minimum absolute atomic E-state index is 0.0591. The molecular formula is C40H81NO10P+. The molecule has 0 amide bonds. The maximum Gasteiger partial charge on any atom is 0.472 e. The van der Waals surface area contributed by atoms with Gasteiger partial charge < -0.3 is 33.4 Å². The number of ether oxygens (including phenoxy) is 4. The number of phosphoric ester groups is 1. The van der Waals surface area contributed by atoms with Gasteiger partial charge in [0.15, 0.2) is 0 Å². The number of rotatable bonds is 41. The molecule has 0 aliphatic carbocycles. The van der Waals surface area contributed by atoms with Gasteiger partial charge in [-0.25, -0.2) is 4.57 Å². The van der Waals surface area contributed by atoms with Gasteiger partial charge in [-0.3, -0.25) is 13.8 Å². The largest absolute Gasteiger partial charge is 0.472 e. The summed E-state index contributed by atoms with van der Waals surface area (Å²) in [5.41, 5.74) is -1.10. The minimum Gasteiger partial charge on any atom is -0.435 e. The topological polar surface area (TPSA) is 130 Å². The Kier molecular flexibility index (Phi) is 34.0. The van der Waals surface area contributed by atoms with E-state index in [1.54, 1.807) is 0 Å². The molecule has 2 unspecified atom stereocenters. The number of aliphatic hydroxyl groups excluding tert-OH is 1. The Labute approximate surface area is 318 Å². The first kappa shape index (κ1) is 51.1. The molecule has 0 aliphatic rings. The van der Waals surface area contributed by atoms with E-state index in [1.807, 2.05) is 21.1 Å². The second-order valence-electron chi connectivity index (χ2n) is 15.4. The van der Waals surface area contributed by atoms with Gasteiger partial charge in [-0.15, -0.1) is 0 Å². The zero-order valence-electron chi connectivity index (χ0n) is 34.0. The predicted octanol–water partition coefficient (Wildman–Crippen LogP) is 9.98. The Morgan fingerprint density at radius 1 is 0.692 bits per heavy atom. The van der Waals surface area contributed by atoms with Gasteiger partial charge in [0.2, 0.25) is 0 Å². The quantitative estimate of drug-likeness (QED) is 0.0155. The lowest BCUT2D eigenvalue weighted by Gasteiger charge is -2.33. The van der Waals surface area contributed by atoms with Crippen LogP contribution >= 0.6 is 7.82 Å². The number of carbonyl (C=O) groups excluding carboxylic acids is 1. The average Bonchev–Trinajstić information content (AvgIpc) is 3.08. The standard InChI is InChI=1S/C40H80NO10P/c1-6-8-9-10-11-12-13-14-16-19-22-25-28-31-40(49-37-42,36-51-52(44,45)50-34-32-41(3,4)5)35-47-38-46-33-29-26-23-20-17-15-18-21-24-27-30-39(43)48-7-2/h7,42H,2,6,8-38H2,1,3-5H3/p+1. The van der Waals surface area contributed by atoms with Crippen LogP contribution in [-0.4, -0.2) is 93.8 Å². The first-order valence-corrected chi connectivity index (χ1v) is 22.1.